The van der Waals surface area contributed by atoms with E-state index in [9.17, 15) is 0 Å². The summed E-state index contributed by atoms with van der Waals surface area (Å²) in [6, 6.07) is 66.6. The summed E-state index contributed by atoms with van der Waals surface area (Å²) in [6.45, 7) is 0.214. The molecule has 0 aliphatic heterocycles. The Bertz CT molecular complexity index is 2460. The van der Waals surface area contributed by atoms with E-state index in [0.29, 0.717) is 23.0 Å². The Labute approximate surface area is 332 Å². The van der Waals surface area contributed by atoms with Crippen LogP contribution < -0.4 is 30.4 Å². The van der Waals surface area contributed by atoms with Crippen LogP contribution in [0.15, 0.2) is 194 Å². The summed E-state index contributed by atoms with van der Waals surface area (Å²) in [7, 11) is 0. The van der Waals surface area contributed by atoms with E-state index in [1.54, 1.807) is 0 Å². The zero-order valence-corrected chi connectivity index (χ0v) is 31.2. The van der Waals surface area contributed by atoms with Crippen molar-refractivity contribution in [3.63, 3.8) is 0 Å². The van der Waals surface area contributed by atoms with Crippen LogP contribution in [-0.4, -0.2) is 13.5 Å². The largest absolute Gasteiger partial charge is 0.479 e. The third-order valence-corrected chi connectivity index (χ3v) is 10.6. The normalized spacial score (nSPS) is 12.3. The van der Waals surface area contributed by atoms with Gasteiger partial charge < -0.3 is 18.9 Å². The molecule has 57 heavy (non-hydrogen) atoms. The third-order valence-electron chi connectivity index (χ3n) is 10.6. The fraction of sp³-hybridized carbons (Fsp3) is 0.0588. The van der Waals surface area contributed by atoms with Gasteiger partial charge in [0.1, 0.15) is 48.0 Å². The smallest absolute Gasteiger partial charge is 0.137 e. The number of nitrogens with two attached hydrogens (primary N) is 2. The molecule has 0 saturated carbocycles. The van der Waals surface area contributed by atoms with Crippen molar-refractivity contribution in [2.45, 2.75) is 5.41 Å². The number of hydrogen-bond donors (Lipinski definition) is 2. The Balaban J connectivity index is 1.26. The standard InChI is InChI=1S/C51H40N2O4/c52-33-54-39-21-25-41(26-22-39)56-49-29-19-37(31-45(49)35-11-3-1-4-12-35)51(47-17-9-7-15-43(47)44-16-8-10-18-48(44)51)38-20-30-50(46(32-38)36-13-5-2-6-14-36)57-42-27-23-40(24-28-42)55-34-53/h1-32H,33-34,52-53H2. The highest BCUT2D eigenvalue weighted by molar-refractivity contribution is 5.88. The molecule has 6 nitrogen and oxygen atoms in total. The molecule has 4 N–H and O–H groups in total. The van der Waals surface area contributed by atoms with Crippen LogP contribution in [0.3, 0.4) is 0 Å². The molecule has 0 atom stereocenters. The Hall–Kier alpha value is -7.12. The van der Waals surface area contributed by atoms with E-state index < -0.39 is 5.41 Å². The highest BCUT2D eigenvalue weighted by Gasteiger charge is 2.46. The first-order chi connectivity index (χ1) is 28.1. The van der Waals surface area contributed by atoms with Crippen molar-refractivity contribution in [1.29, 1.82) is 0 Å². The Kier molecular flexibility index (Phi) is 9.71. The average molecular weight is 745 g/mol. The molecule has 0 spiro atoms. The number of ether oxygens (including phenoxy) is 4. The zero-order valence-electron chi connectivity index (χ0n) is 31.2. The quantitative estimate of drug-likeness (QED) is 0.121. The molecule has 1 aliphatic carbocycles. The number of benzene rings is 8. The van der Waals surface area contributed by atoms with Crippen LogP contribution in [0.2, 0.25) is 0 Å². The molecule has 0 unspecified atom stereocenters. The maximum absolute atomic E-state index is 6.65. The summed E-state index contributed by atoms with van der Waals surface area (Å²) in [5.74, 6) is 4.24. The summed E-state index contributed by atoms with van der Waals surface area (Å²) in [4.78, 5) is 0. The van der Waals surface area contributed by atoms with Gasteiger partial charge in [0.05, 0.1) is 5.41 Å². The Morgan fingerprint density at radius 2 is 0.719 bits per heavy atom. The maximum Gasteiger partial charge on any atom is 0.137 e. The molecule has 9 rings (SSSR count). The number of fused-ring (bicyclic) bond motifs is 3. The summed E-state index contributed by atoms with van der Waals surface area (Å²) >= 11 is 0. The first kappa shape index (κ1) is 35.6. The van der Waals surface area contributed by atoms with Gasteiger partial charge in [-0.05, 0) is 117 Å². The molecule has 0 amide bonds. The van der Waals surface area contributed by atoms with E-state index in [-0.39, 0.29) is 13.5 Å². The fourth-order valence-electron chi connectivity index (χ4n) is 8.07. The third kappa shape index (κ3) is 6.67. The van der Waals surface area contributed by atoms with Crippen molar-refractivity contribution in [1.82, 2.24) is 0 Å². The van der Waals surface area contributed by atoms with Crippen LogP contribution in [-0.2, 0) is 5.41 Å². The second-order valence-electron chi connectivity index (χ2n) is 13.8. The first-order valence-electron chi connectivity index (χ1n) is 19.0. The first-order valence-corrected chi connectivity index (χ1v) is 19.0. The second-order valence-corrected chi connectivity index (χ2v) is 13.8. The minimum absolute atomic E-state index is 0.107. The number of hydrogen-bond acceptors (Lipinski definition) is 6. The lowest BCUT2D eigenvalue weighted by Gasteiger charge is -2.35. The molecule has 0 heterocycles. The lowest BCUT2D eigenvalue weighted by molar-refractivity contribution is 0.329. The van der Waals surface area contributed by atoms with Crippen molar-refractivity contribution in [3.05, 3.63) is 216 Å². The average Bonchev–Trinajstić information content (AvgIpc) is 3.57. The summed E-state index contributed by atoms with van der Waals surface area (Å²) < 4.78 is 24.2. The van der Waals surface area contributed by atoms with Crippen LogP contribution in [0.5, 0.6) is 34.5 Å². The lowest BCUT2D eigenvalue weighted by atomic mass is 9.67. The van der Waals surface area contributed by atoms with Crippen LogP contribution in [0.4, 0.5) is 0 Å². The van der Waals surface area contributed by atoms with Crippen LogP contribution in [0, 0.1) is 0 Å². The second kappa shape index (κ2) is 15.6. The lowest BCUT2D eigenvalue weighted by Crippen LogP contribution is -2.28. The van der Waals surface area contributed by atoms with E-state index in [0.717, 1.165) is 44.9 Å². The van der Waals surface area contributed by atoms with Crippen LogP contribution in [0.25, 0.3) is 33.4 Å². The molecule has 0 saturated heterocycles. The molecule has 6 heteroatoms. The molecule has 8 aromatic carbocycles. The molecule has 0 radical (unpaired) electrons. The summed E-state index contributed by atoms with van der Waals surface area (Å²) in [6.07, 6.45) is 0. The van der Waals surface area contributed by atoms with Crippen LogP contribution in [0.1, 0.15) is 22.3 Å². The van der Waals surface area contributed by atoms with E-state index in [2.05, 4.69) is 133 Å². The van der Waals surface area contributed by atoms with E-state index in [1.165, 1.54) is 22.3 Å². The molecular weight excluding hydrogens is 705 g/mol. The Morgan fingerprint density at radius 3 is 1.12 bits per heavy atom. The van der Waals surface area contributed by atoms with Crippen molar-refractivity contribution >= 4 is 0 Å². The van der Waals surface area contributed by atoms with Gasteiger partial charge in [-0.2, -0.15) is 0 Å². The maximum atomic E-state index is 6.65. The van der Waals surface area contributed by atoms with Gasteiger partial charge in [-0.25, -0.2) is 0 Å². The minimum Gasteiger partial charge on any atom is -0.479 e. The topological polar surface area (TPSA) is 89.0 Å². The molecule has 278 valence electrons. The van der Waals surface area contributed by atoms with Gasteiger partial charge in [0.15, 0.2) is 0 Å². The van der Waals surface area contributed by atoms with Gasteiger partial charge in [0, 0.05) is 11.1 Å². The van der Waals surface area contributed by atoms with Gasteiger partial charge in [-0.1, -0.05) is 121 Å². The summed E-state index contributed by atoms with van der Waals surface area (Å²) in [5.41, 5.74) is 21.6. The van der Waals surface area contributed by atoms with Crippen LogP contribution >= 0.6 is 0 Å². The van der Waals surface area contributed by atoms with Gasteiger partial charge in [0.25, 0.3) is 0 Å². The monoisotopic (exact) mass is 744 g/mol. The van der Waals surface area contributed by atoms with Crippen molar-refractivity contribution in [2.75, 3.05) is 13.5 Å². The molecule has 0 fully saturated rings. The highest BCUT2D eigenvalue weighted by Crippen LogP contribution is 2.57. The Morgan fingerprint density at radius 1 is 0.351 bits per heavy atom. The predicted molar refractivity (Wildman–Crippen MR) is 227 cm³/mol. The van der Waals surface area contributed by atoms with Gasteiger partial charge in [-0.3, -0.25) is 11.5 Å². The van der Waals surface area contributed by atoms with E-state index in [4.69, 9.17) is 30.4 Å². The van der Waals surface area contributed by atoms with E-state index in [1.807, 2.05) is 60.7 Å². The van der Waals surface area contributed by atoms with Crippen molar-refractivity contribution in [2.24, 2.45) is 11.5 Å². The predicted octanol–water partition coefficient (Wildman–Crippen LogP) is 11.6. The zero-order chi connectivity index (χ0) is 38.6. The number of rotatable bonds is 12. The minimum atomic E-state index is -0.695. The molecular formula is C51H40N2O4. The van der Waals surface area contributed by atoms with Crippen molar-refractivity contribution < 1.29 is 18.9 Å². The van der Waals surface area contributed by atoms with Gasteiger partial charge in [-0.15, -0.1) is 0 Å². The van der Waals surface area contributed by atoms with E-state index >= 15 is 0 Å². The highest BCUT2D eigenvalue weighted by atomic mass is 16.5. The fourth-order valence-corrected chi connectivity index (χ4v) is 8.07. The summed E-state index contributed by atoms with van der Waals surface area (Å²) in [5, 5.41) is 0. The molecule has 1 aliphatic rings. The van der Waals surface area contributed by atoms with Gasteiger partial charge >= 0.3 is 0 Å². The molecule has 0 bridgehead atoms. The van der Waals surface area contributed by atoms with Crippen molar-refractivity contribution in [3.8, 4) is 67.9 Å². The molecule has 0 aromatic heterocycles. The SMILES string of the molecule is NCOc1ccc(Oc2ccc(C3(c4ccc(Oc5ccc(OCN)cc5)c(-c5ccccc5)c4)c4ccccc4-c4ccccc43)cc2-c2ccccc2)cc1. The molecule has 8 aromatic rings. The van der Waals surface area contributed by atoms with Gasteiger partial charge in [0.2, 0.25) is 0 Å².